The summed E-state index contributed by atoms with van der Waals surface area (Å²) in [6.45, 7) is 6.59. The Labute approximate surface area is 111 Å². The molecule has 0 aliphatic heterocycles. The third-order valence-electron chi connectivity index (χ3n) is 4.10. The van der Waals surface area contributed by atoms with Gasteiger partial charge in [-0.15, -0.1) is 0 Å². The highest BCUT2D eigenvalue weighted by molar-refractivity contribution is 5.60. The normalized spacial score (nSPS) is 23.8. The van der Waals surface area contributed by atoms with Crippen LogP contribution in [0.5, 0.6) is 5.75 Å². The summed E-state index contributed by atoms with van der Waals surface area (Å²) < 4.78 is 5.49. The van der Waals surface area contributed by atoms with Crippen molar-refractivity contribution in [2.75, 3.05) is 12.4 Å². The van der Waals surface area contributed by atoms with E-state index < -0.39 is 0 Å². The van der Waals surface area contributed by atoms with Crippen molar-refractivity contribution in [3.8, 4) is 5.75 Å². The molecule has 0 heterocycles. The van der Waals surface area contributed by atoms with Gasteiger partial charge >= 0.3 is 0 Å². The second-order valence-electron chi connectivity index (χ2n) is 5.70. The number of nitrogens with one attached hydrogen (secondary N) is 1. The topological polar surface area (TPSA) is 21.3 Å². The summed E-state index contributed by atoms with van der Waals surface area (Å²) in [5.41, 5.74) is 3.67. The van der Waals surface area contributed by atoms with Gasteiger partial charge in [-0.05, 0) is 44.2 Å². The highest BCUT2D eigenvalue weighted by Crippen LogP contribution is 2.32. The number of ether oxygens (including phenoxy) is 1. The van der Waals surface area contributed by atoms with Gasteiger partial charge in [-0.2, -0.15) is 0 Å². The van der Waals surface area contributed by atoms with Gasteiger partial charge in [-0.1, -0.05) is 25.8 Å². The summed E-state index contributed by atoms with van der Waals surface area (Å²) in [6, 6.07) is 4.95. The minimum Gasteiger partial charge on any atom is -0.496 e. The van der Waals surface area contributed by atoms with Crippen LogP contribution in [0.25, 0.3) is 0 Å². The van der Waals surface area contributed by atoms with Crippen molar-refractivity contribution in [2.24, 2.45) is 5.92 Å². The first kappa shape index (κ1) is 13.3. The molecule has 1 aromatic rings. The fraction of sp³-hybridized carbons (Fsp3) is 0.625. The first-order chi connectivity index (χ1) is 8.61. The molecular formula is C16H25NO. The van der Waals surface area contributed by atoms with E-state index in [9.17, 15) is 0 Å². The molecule has 2 nitrogen and oxygen atoms in total. The number of hydrogen-bond donors (Lipinski definition) is 1. The lowest BCUT2D eigenvalue weighted by Gasteiger charge is -2.29. The first-order valence-electron chi connectivity index (χ1n) is 7.02. The lowest BCUT2D eigenvalue weighted by Crippen LogP contribution is -2.26. The number of aryl methyl sites for hydroxylation is 1. The van der Waals surface area contributed by atoms with Crippen molar-refractivity contribution in [3.63, 3.8) is 0 Å². The molecule has 0 radical (unpaired) electrons. The maximum atomic E-state index is 5.49. The van der Waals surface area contributed by atoms with Crippen LogP contribution in [-0.2, 0) is 0 Å². The largest absolute Gasteiger partial charge is 0.496 e. The summed E-state index contributed by atoms with van der Waals surface area (Å²) >= 11 is 0. The van der Waals surface area contributed by atoms with Crippen LogP contribution in [0, 0.1) is 19.8 Å². The van der Waals surface area contributed by atoms with E-state index in [0.29, 0.717) is 6.04 Å². The molecule has 2 rings (SSSR count). The Morgan fingerprint density at radius 3 is 2.67 bits per heavy atom. The van der Waals surface area contributed by atoms with Crippen molar-refractivity contribution >= 4 is 5.69 Å². The molecule has 18 heavy (non-hydrogen) atoms. The van der Waals surface area contributed by atoms with Crippen LogP contribution >= 0.6 is 0 Å². The van der Waals surface area contributed by atoms with Crippen LogP contribution in [0.4, 0.5) is 5.69 Å². The second-order valence-corrected chi connectivity index (χ2v) is 5.70. The van der Waals surface area contributed by atoms with Crippen molar-refractivity contribution < 1.29 is 4.74 Å². The number of methoxy groups -OCH3 is 1. The monoisotopic (exact) mass is 247 g/mol. The molecule has 1 fully saturated rings. The van der Waals surface area contributed by atoms with Gasteiger partial charge in [0.05, 0.1) is 7.11 Å². The molecule has 2 unspecified atom stereocenters. The maximum absolute atomic E-state index is 5.49. The lowest BCUT2D eigenvalue weighted by atomic mass is 9.87. The predicted molar refractivity (Wildman–Crippen MR) is 77.5 cm³/mol. The van der Waals surface area contributed by atoms with E-state index in [1.54, 1.807) is 7.11 Å². The molecule has 0 saturated heterocycles. The van der Waals surface area contributed by atoms with Gasteiger partial charge < -0.3 is 10.1 Å². The number of rotatable bonds is 3. The van der Waals surface area contributed by atoms with Crippen LogP contribution in [0.15, 0.2) is 12.1 Å². The highest BCUT2D eigenvalue weighted by atomic mass is 16.5. The summed E-state index contributed by atoms with van der Waals surface area (Å²) in [5, 5.41) is 3.70. The van der Waals surface area contributed by atoms with Crippen molar-refractivity contribution in [2.45, 2.75) is 52.5 Å². The van der Waals surface area contributed by atoms with Gasteiger partial charge in [0.25, 0.3) is 0 Å². The molecule has 1 aromatic carbocycles. The fourth-order valence-electron chi connectivity index (χ4n) is 3.08. The predicted octanol–water partition coefficient (Wildman–Crippen LogP) is 4.30. The molecule has 2 atom stereocenters. The molecule has 1 aliphatic carbocycles. The average molecular weight is 247 g/mol. The van der Waals surface area contributed by atoms with E-state index >= 15 is 0 Å². The molecule has 0 spiro atoms. The SMILES string of the molecule is COc1c(C)ccc(NC2CCCC(C)C2)c1C. The fourth-order valence-corrected chi connectivity index (χ4v) is 3.08. The van der Waals surface area contributed by atoms with Gasteiger partial charge in [0.2, 0.25) is 0 Å². The van der Waals surface area contributed by atoms with Crippen molar-refractivity contribution in [1.82, 2.24) is 0 Å². The van der Waals surface area contributed by atoms with E-state index in [0.717, 1.165) is 11.7 Å². The Hall–Kier alpha value is -1.18. The van der Waals surface area contributed by atoms with Crippen LogP contribution in [0.1, 0.15) is 43.7 Å². The zero-order chi connectivity index (χ0) is 13.1. The minimum absolute atomic E-state index is 0.625. The van der Waals surface area contributed by atoms with E-state index in [-0.39, 0.29) is 0 Å². The van der Waals surface area contributed by atoms with E-state index in [4.69, 9.17) is 4.74 Å². The highest BCUT2D eigenvalue weighted by Gasteiger charge is 2.19. The Balaban J connectivity index is 2.14. The molecule has 1 aliphatic rings. The number of hydrogen-bond acceptors (Lipinski definition) is 2. The van der Waals surface area contributed by atoms with Gasteiger partial charge in [0.1, 0.15) is 5.75 Å². The molecule has 100 valence electrons. The maximum Gasteiger partial charge on any atom is 0.126 e. The summed E-state index contributed by atoms with van der Waals surface area (Å²) in [4.78, 5) is 0. The van der Waals surface area contributed by atoms with E-state index in [1.165, 1.54) is 42.5 Å². The standard InChI is InChI=1S/C16H25NO/c1-11-6-5-7-14(10-11)17-15-9-8-12(2)16(18-4)13(15)3/h8-9,11,14,17H,5-7,10H2,1-4H3. The molecule has 0 bridgehead atoms. The first-order valence-corrected chi connectivity index (χ1v) is 7.02. The average Bonchev–Trinajstić information content (AvgIpc) is 2.34. The number of benzene rings is 1. The third kappa shape index (κ3) is 2.80. The van der Waals surface area contributed by atoms with Gasteiger partial charge in [-0.25, -0.2) is 0 Å². The smallest absolute Gasteiger partial charge is 0.126 e. The van der Waals surface area contributed by atoms with Crippen molar-refractivity contribution in [3.05, 3.63) is 23.3 Å². The Bertz CT molecular complexity index is 414. The quantitative estimate of drug-likeness (QED) is 0.859. The lowest BCUT2D eigenvalue weighted by molar-refractivity contribution is 0.358. The van der Waals surface area contributed by atoms with Gasteiger partial charge in [0, 0.05) is 17.3 Å². The zero-order valence-electron chi connectivity index (χ0n) is 12.0. The minimum atomic E-state index is 0.625. The van der Waals surface area contributed by atoms with Crippen LogP contribution in [-0.4, -0.2) is 13.2 Å². The van der Waals surface area contributed by atoms with Crippen LogP contribution in [0.2, 0.25) is 0 Å². The van der Waals surface area contributed by atoms with E-state index in [1.807, 2.05) is 0 Å². The van der Waals surface area contributed by atoms with Crippen molar-refractivity contribution in [1.29, 1.82) is 0 Å². The molecule has 0 amide bonds. The van der Waals surface area contributed by atoms with Crippen LogP contribution < -0.4 is 10.1 Å². The molecule has 1 saturated carbocycles. The van der Waals surface area contributed by atoms with E-state index in [2.05, 4.69) is 38.2 Å². The Morgan fingerprint density at radius 2 is 2.00 bits per heavy atom. The third-order valence-corrected chi connectivity index (χ3v) is 4.10. The van der Waals surface area contributed by atoms with Gasteiger partial charge in [0.15, 0.2) is 0 Å². The Morgan fingerprint density at radius 1 is 1.22 bits per heavy atom. The Kier molecular flexibility index (Phi) is 4.15. The van der Waals surface area contributed by atoms with Crippen LogP contribution in [0.3, 0.4) is 0 Å². The summed E-state index contributed by atoms with van der Waals surface area (Å²) in [6.07, 6.45) is 5.31. The zero-order valence-corrected chi connectivity index (χ0v) is 12.0. The molecule has 1 N–H and O–H groups in total. The summed E-state index contributed by atoms with van der Waals surface area (Å²) in [5.74, 6) is 1.87. The molecular weight excluding hydrogens is 222 g/mol. The van der Waals surface area contributed by atoms with Gasteiger partial charge in [-0.3, -0.25) is 0 Å². The molecule has 2 heteroatoms. The molecule has 0 aromatic heterocycles. The number of anilines is 1. The second kappa shape index (κ2) is 5.64. The summed E-state index contributed by atoms with van der Waals surface area (Å²) in [7, 11) is 1.75.